The van der Waals surface area contributed by atoms with E-state index in [0.717, 1.165) is 45.2 Å². The molecule has 0 radical (unpaired) electrons. The van der Waals surface area contributed by atoms with Crippen molar-refractivity contribution in [3.8, 4) is 0 Å². The Labute approximate surface area is 140 Å². The summed E-state index contributed by atoms with van der Waals surface area (Å²) in [5.41, 5.74) is 0. The summed E-state index contributed by atoms with van der Waals surface area (Å²) in [6, 6.07) is 0.568. The standard InChI is InChI=1S/C16H29N3O2.ClH/c1-3-5-15(20)18-14-6-4-9-19(11-14)16(21)13-7-8-17-12(2)10-13;/h12-14,17H,3-11H2,1-2H3,(H,18,20);1H/t12-,13-,14?;/m0./s1. The van der Waals surface area contributed by atoms with E-state index in [1.807, 2.05) is 11.8 Å². The zero-order valence-corrected chi connectivity index (χ0v) is 14.6. The molecule has 6 heteroatoms. The van der Waals surface area contributed by atoms with E-state index < -0.39 is 0 Å². The normalized spacial score (nSPS) is 28.6. The number of carbonyl (C=O) groups excluding carboxylic acids is 2. The van der Waals surface area contributed by atoms with E-state index in [-0.39, 0.29) is 36.2 Å². The highest BCUT2D eigenvalue weighted by Gasteiger charge is 2.31. The fraction of sp³-hybridized carbons (Fsp3) is 0.875. The smallest absolute Gasteiger partial charge is 0.225 e. The van der Waals surface area contributed by atoms with Crippen molar-refractivity contribution in [2.24, 2.45) is 5.92 Å². The lowest BCUT2D eigenvalue weighted by molar-refractivity contribution is -0.138. The fourth-order valence-electron chi connectivity index (χ4n) is 3.44. The first-order valence-corrected chi connectivity index (χ1v) is 8.41. The van der Waals surface area contributed by atoms with Gasteiger partial charge in [-0.1, -0.05) is 6.92 Å². The molecule has 2 fully saturated rings. The van der Waals surface area contributed by atoms with Crippen molar-refractivity contribution >= 4 is 24.2 Å². The van der Waals surface area contributed by atoms with Crippen LogP contribution >= 0.6 is 12.4 Å². The average molecular weight is 332 g/mol. The van der Waals surface area contributed by atoms with Crippen LogP contribution in [0.1, 0.15) is 52.4 Å². The molecular weight excluding hydrogens is 302 g/mol. The zero-order chi connectivity index (χ0) is 15.2. The van der Waals surface area contributed by atoms with Gasteiger partial charge < -0.3 is 15.5 Å². The minimum Gasteiger partial charge on any atom is -0.352 e. The van der Waals surface area contributed by atoms with Gasteiger partial charge in [-0.05, 0) is 45.6 Å². The second-order valence-corrected chi connectivity index (χ2v) is 6.52. The SMILES string of the molecule is CCCC(=O)NC1CCCN(C(=O)[C@H]2CCN[C@@H](C)C2)C1.Cl. The van der Waals surface area contributed by atoms with Crippen molar-refractivity contribution in [1.29, 1.82) is 0 Å². The minimum absolute atomic E-state index is 0. The van der Waals surface area contributed by atoms with Crippen molar-refractivity contribution in [3.05, 3.63) is 0 Å². The number of rotatable bonds is 4. The van der Waals surface area contributed by atoms with Crippen molar-refractivity contribution < 1.29 is 9.59 Å². The van der Waals surface area contributed by atoms with Crippen molar-refractivity contribution in [2.45, 2.75) is 64.5 Å². The van der Waals surface area contributed by atoms with Crippen molar-refractivity contribution in [1.82, 2.24) is 15.5 Å². The Morgan fingerprint density at radius 2 is 2.09 bits per heavy atom. The molecular formula is C16H30ClN3O2. The number of hydrogen-bond donors (Lipinski definition) is 2. The molecule has 2 aliphatic heterocycles. The minimum atomic E-state index is 0. The van der Waals surface area contributed by atoms with Crippen LogP contribution in [0.4, 0.5) is 0 Å². The average Bonchev–Trinajstić information content (AvgIpc) is 2.47. The van der Waals surface area contributed by atoms with E-state index >= 15 is 0 Å². The van der Waals surface area contributed by atoms with Crippen molar-refractivity contribution in [3.63, 3.8) is 0 Å². The first-order chi connectivity index (χ1) is 10.1. The van der Waals surface area contributed by atoms with Crippen LogP contribution in [0.15, 0.2) is 0 Å². The summed E-state index contributed by atoms with van der Waals surface area (Å²) in [4.78, 5) is 26.3. The number of likely N-dealkylation sites (tertiary alicyclic amines) is 1. The summed E-state index contributed by atoms with van der Waals surface area (Å²) in [6.45, 7) is 6.62. The number of carbonyl (C=O) groups is 2. The van der Waals surface area contributed by atoms with E-state index in [1.54, 1.807) is 0 Å². The molecule has 2 heterocycles. The maximum Gasteiger partial charge on any atom is 0.225 e. The second-order valence-electron chi connectivity index (χ2n) is 6.52. The van der Waals surface area contributed by atoms with E-state index in [0.29, 0.717) is 19.0 Å². The highest BCUT2D eigenvalue weighted by atomic mass is 35.5. The summed E-state index contributed by atoms with van der Waals surface area (Å²) in [5.74, 6) is 0.566. The molecule has 0 aliphatic carbocycles. The van der Waals surface area contributed by atoms with Gasteiger partial charge in [0.15, 0.2) is 0 Å². The number of amides is 2. The highest BCUT2D eigenvalue weighted by Crippen LogP contribution is 2.21. The van der Waals surface area contributed by atoms with Gasteiger partial charge >= 0.3 is 0 Å². The Morgan fingerprint density at radius 1 is 1.32 bits per heavy atom. The van der Waals surface area contributed by atoms with Gasteiger partial charge in [0, 0.05) is 37.5 Å². The Balaban J connectivity index is 0.00000242. The lowest BCUT2D eigenvalue weighted by Crippen LogP contribution is -2.52. The van der Waals surface area contributed by atoms with Gasteiger partial charge in [0.1, 0.15) is 0 Å². The topological polar surface area (TPSA) is 61.4 Å². The van der Waals surface area contributed by atoms with Crippen LogP contribution in [0.3, 0.4) is 0 Å². The molecule has 0 aromatic carbocycles. The molecule has 2 saturated heterocycles. The maximum atomic E-state index is 12.6. The van der Waals surface area contributed by atoms with E-state index in [1.165, 1.54) is 0 Å². The number of nitrogens with one attached hydrogen (secondary N) is 2. The summed E-state index contributed by atoms with van der Waals surface area (Å²) < 4.78 is 0. The van der Waals surface area contributed by atoms with E-state index in [9.17, 15) is 9.59 Å². The van der Waals surface area contributed by atoms with E-state index in [4.69, 9.17) is 0 Å². The molecule has 128 valence electrons. The van der Waals surface area contributed by atoms with Crippen LogP contribution in [-0.4, -0.2) is 48.4 Å². The monoisotopic (exact) mass is 331 g/mol. The fourth-order valence-corrected chi connectivity index (χ4v) is 3.44. The summed E-state index contributed by atoms with van der Waals surface area (Å²) in [7, 11) is 0. The quantitative estimate of drug-likeness (QED) is 0.824. The van der Waals surface area contributed by atoms with Gasteiger partial charge in [-0.3, -0.25) is 9.59 Å². The molecule has 3 atom stereocenters. The molecule has 0 aromatic heterocycles. The van der Waals surface area contributed by atoms with Crippen LogP contribution in [0, 0.1) is 5.92 Å². The van der Waals surface area contributed by atoms with Crippen LogP contribution in [0.25, 0.3) is 0 Å². The predicted molar refractivity (Wildman–Crippen MR) is 90.1 cm³/mol. The van der Waals surface area contributed by atoms with Gasteiger partial charge in [-0.25, -0.2) is 0 Å². The molecule has 0 saturated carbocycles. The van der Waals surface area contributed by atoms with Crippen LogP contribution in [-0.2, 0) is 9.59 Å². The molecule has 2 amide bonds. The molecule has 0 bridgehead atoms. The maximum absolute atomic E-state index is 12.6. The van der Waals surface area contributed by atoms with Crippen LogP contribution < -0.4 is 10.6 Å². The Hall–Kier alpha value is -0.810. The summed E-state index contributed by atoms with van der Waals surface area (Å²) >= 11 is 0. The number of halogens is 1. The van der Waals surface area contributed by atoms with Gasteiger partial charge in [0.05, 0.1) is 0 Å². The third kappa shape index (κ3) is 5.43. The number of nitrogens with zero attached hydrogens (tertiary/aromatic N) is 1. The molecule has 5 nitrogen and oxygen atoms in total. The van der Waals surface area contributed by atoms with Crippen LogP contribution in [0.5, 0.6) is 0 Å². The third-order valence-corrected chi connectivity index (χ3v) is 4.55. The lowest BCUT2D eigenvalue weighted by Gasteiger charge is -2.37. The lowest BCUT2D eigenvalue weighted by atomic mass is 9.91. The largest absolute Gasteiger partial charge is 0.352 e. The van der Waals surface area contributed by atoms with Gasteiger partial charge in [0.2, 0.25) is 11.8 Å². The highest BCUT2D eigenvalue weighted by molar-refractivity contribution is 5.85. The molecule has 2 aliphatic rings. The molecule has 22 heavy (non-hydrogen) atoms. The first-order valence-electron chi connectivity index (χ1n) is 8.41. The first kappa shape index (κ1) is 19.2. The zero-order valence-electron chi connectivity index (χ0n) is 13.8. The van der Waals surface area contributed by atoms with Gasteiger partial charge in [0.25, 0.3) is 0 Å². The van der Waals surface area contributed by atoms with Gasteiger partial charge in [-0.15, -0.1) is 12.4 Å². The number of hydrogen-bond acceptors (Lipinski definition) is 3. The Kier molecular flexibility index (Phi) is 8.18. The molecule has 1 unspecified atom stereocenters. The predicted octanol–water partition coefficient (Wildman–Crippen LogP) is 1.70. The third-order valence-electron chi connectivity index (χ3n) is 4.55. The van der Waals surface area contributed by atoms with Crippen molar-refractivity contribution in [2.75, 3.05) is 19.6 Å². The molecule has 2 rings (SSSR count). The van der Waals surface area contributed by atoms with Gasteiger partial charge in [-0.2, -0.15) is 0 Å². The van der Waals surface area contributed by atoms with Crippen LogP contribution in [0.2, 0.25) is 0 Å². The van der Waals surface area contributed by atoms with E-state index in [2.05, 4.69) is 17.6 Å². The number of piperidine rings is 2. The Morgan fingerprint density at radius 3 is 2.77 bits per heavy atom. The Bertz CT molecular complexity index is 378. The summed E-state index contributed by atoms with van der Waals surface area (Å²) in [5, 5.41) is 6.46. The molecule has 0 aromatic rings. The molecule has 0 spiro atoms. The molecule has 2 N–H and O–H groups in total. The second kappa shape index (κ2) is 9.36. The summed E-state index contributed by atoms with van der Waals surface area (Å²) in [6.07, 6.45) is 5.30.